The molecule has 0 spiro atoms. The summed E-state index contributed by atoms with van der Waals surface area (Å²) in [5, 5.41) is 4.25. The van der Waals surface area contributed by atoms with E-state index in [0.717, 1.165) is 42.2 Å². The first-order valence-corrected chi connectivity index (χ1v) is 11.3. The SMILES string of the molecule is Cc1nc(NC(=O)COc2ccc3c(C)cc(=O)oc3c2)sc1CN1CCC(C)CC1. The highest BCUT2D eigenvalue weighted by molar-refractivity contribution is 7.15. The molecule has 0 atom stereocenters. The topological polar surface area (TPSA) is 84.7 Å². The van der Waals surface area contributed by atoms with Crippen LogP contribution in [0.5, 0.6) is 5.75 Å². The summed E-state index contributed by atoms with van der Waals surface area (Å²) < 4.78 is 10.8. The van der Waals surface area contributed by atoms with Crippen LogP contribution < -0.4 is 15.7 Å². The van der Waals surface area contributed by atoms with Gasteiger partial charge in [0.25, 0.3) is 5.91 Å². The molecule has 0 aliphatic carbocycles. The van der Waals surface area contributed by atoms with Gasteiger partial charge in [-0.1, -0.05) is 6.92 Å². The van der Waals surface area contributed by atoms with Crippen LogP contribution in [-0.2, 0) is 11.3 Å². The molecule has 1 aliphatic heterocycles. The Kier molecular flexibility index (Phi) is 6.38. The number of carbonyl (C=O) groups is 1. The second kappa shape index (κ2) is 9.20. The number of likely N-dealkylation sites (tertiary alicyclic amines) is 1. The summed E-state index contributed by atoms with van der Waals surface area (Å²) in [6, 6.07) is 6.65. The predicted molar refractivity (Wildman–Crippen MR) is 122 cm³/mol. The van der Waals surface area contributed by atoms with Crippen molar-refractivity contribution < 1.29 is 13.9 Å². The van der Waals surface area contributed by atoms with Gasteiger partial charge in [0, 0.05) is 28.9 Å². The number of nitrogens with zero attached hydrogens (tertiary/aromatic N) is 2. The second-order valence-electron chi connectivity index (χ2n) is 8.23. The van der Waals surface area contributed by atoms with Crippen LogP contribution in [0.3, 0.4) is 0 Å². The van der Waals surface area contributed by atoms with Gasteiger partial charge in [0.2, 0.25) is 0 Å². The first-order chi connectivity index (χ1) is 14.9. The molecular formula is C23H27N3O4S. The van der Waals surface area contributed by atoms with Gasteiger partial charge in [-0.3, -0.25) is 15.0 Å². The summed E-state index contributed by atoms with van der Waals surface area (Å²) in [7, 11) is 0. The summed E-state index contributed by atoms with van der Waals surface area (Å²) >= 11 is 1.52. The second-order valence-corrected chi connectivity index (χ2v) is 9.31. The van der Waals surface area contributed by atoms with Crippen LogP contribution in [0, 0.1) is 19.8 Å². The number of amides is 1. The number of ether oxygens (including phenoxy) is 1. The number of aromatic nitrogens is 1. The maximum atomic E-state index is 12.4. The minimum atomic E-state index is -0.408. The summed E-state index contributed by atoms with van der Waals surface area (Å²) in [4.78, 5) is 32.1. The first-order valence-electron chi connectivity index (χ1n) is 10.5. The van der Waals surface area contributed by atoms with Crippen molar-refractivity contribution in [3.63, 3.8) is 0 Å². The third-order valence-electron chi connectivity index (χ3n) is 5.68. The van der Waals surface area contributed by atoms with Crippen LogP contribution >= 0.6 is 11.3 Å². The third-order valence-corrected chi connectivity index (χ3v) is 6.73. The number of aryl methyl sites for hydroxylation is 2. The van der Waals surface area contributed by atoms with Crippen molar-refractivity contribution in [1.82, 2.24) is 9.88 Å². The van der Waals surface area contributed by atoms with Crippen LogP contribution in [0.2, 0.25) is 0 Å². The molecule has 0 radical (unpaired) electrons. The molecule has 1 amide bonds. The number of benzene rings is 1. The minimum Gasteiger partial charge on any atom is -0.484 e. The quantitative estimate of drug-likeness (QED) is 0.580. The molecule has 1 aliphatic rings. The number of rotatable bonds is 6. The molecule has 4 rings (SSSR count). The zero-order valence-electron chi connectivity index (χ0n) is 18.1. The number of fused-ring (bicyclic) bond motifs is 1. The number of carbonyl (C=O) groups excluding carboxylic acids is 1. The fourth-order valence-electron chi connectivity index (χ4n) is 3.75. The Morgan fingerprint density at radius 3 is 2.84 bits per heavy atom. The number of anilines is 1. The highest BCUT2D eigenvalue weighted by Crippen LogP contribution is 2.26. The smallest absolute Gasteiger partial charge is 0.336 e. The maximum Gasteiger partial charge on any atom is 0.336 e. The molecule has 2 aromatic heterocycles. The van der Waals surface area contributed by atoms with E-state index >= 15 is 0 Å². The van der Waals surface area contributed by atoms with Gasteiger partial charge in [-0.15, -0.1) is 11.3 Å². The lowest BCUT2D eigenvalue weighted by Gasteiger charge is -2.29. The van der Waals surface area contributed by atoms with Crippen molar-refractivity contribution in [2.24, 2.45) is 5.92 Å². The van der Waals surface area contributed by atoms with Gasteiger partial charge in [0.1, 0.15) is 11.3 Å². The Morgan fingerprint density at radius 2 is 2.06 bits per heavy atom. The van der Waals surface area contributed by atoms with Gasteiger partial charge >= 0.3 is 5.63 Å². The number of hydrogen-bond donors (Lipinski definition) is 1. The lowest BCUT2D eigenvalue weighted by atomic mass is 9.99. The zero-order chi connectivity index (χ0) is 22.0. The van der Waals surface area contributed by atoms with Crippen molar-refractivity contribution in [3.8, 4) is 5.75 Å². The van der Waals surface area contributed by atoms with E-state index in [0.29, 0.717) is 16.5 Å². The lowest BCUT2D eigenvalue weighted by molar-refractivity contribution is -0.118. The van der Waals surface area contributed by atoms with Crippen molar-refractivity contribution in [1.29, 1.82) is 0 Å². The van der Waals surface area contributed by atoms with Crippen molar-refractivity contribution in [2.45, 2.75) is 40.2 Å². The first kappa shape index (κ1) is 21.5. The summed E-state index contributed by atoms with van der Waals surface area (Å²) in [6.45, 7) is 9.08. The van der Waals surface area contributed by atoms with Gasteiger partial charge in [0.05, 0.1) is 5.69 Å². The number of hydrogen-bond acceptors (Lipinski definition) is 7. The fraction of sp³-hybridized carbons (Fsp3) is 0.435. The van der Waals surface area contributed by atoms with Gasteiger partial charge < -0.3 is 9.15 Å². The van der Waals surface area contributed by atoms with E-state index in [4.69, 9.17) is 9.15 Å². The molecule has 7 nitrogen and oxygen atoms in total. The van der Waals surface area contributed by atoms with Gasteiger partial charge in [-0.25, -0.2) is 9.78 Å². The van der Waals surface area contributed by atoms with Gasteiger partial charge in [0.15, 0.2) is 11.7 Å². The summed E-state index contributed by atoms with van der Waals surface area (Å²) in [5.41, 5.74) is 1.83. The highest BCUT2D eigenvalue weighted by Gasteiger charge is 2.18. The highest BCUT2D eigenvalue weighted by atomic mass is 32.1. The summed E-state index contributed by atoms with van der Waals surface area (Å²) in [6.07, 6.45) is 2.47. The van der Waals surface area contributed by atoms with Crippen LogP contribution in [0.25, 0.3) is 11.0 Å². The standard InChI is InChI=1S/C23H27N3O4S/c1-14-6-8-26(9-7-14)12-20-16(3)24-23(31-20)25-21(27)13-29-17-4-5-18-15(2)10-22(28)30-19(18)11-17/h4-5,10-11,14H,6-9,12-13H2,1-3H3,(H,24,25,27). The lowest BCUT2D eigenvalue weighted by Crippen LogP contribution is -2.32. The predicted octanol–water partition coefficient (Wildman–Crippen LogP) is 4.12. The molecule has 1 fully saturated rings. The molecule has 3 aromatic rings. The van der Waals surface area contributed by atoms with Crippen LogP contribution in [-0.4, -0.2) is 35.5 Å². The molecule has 1 saturated heterocycles. The molecular weight excluding hydrogens is 414 g/mol. The molecule has 0 bridgehead atoms. The van der Waals surface area contributed by atoms with Crippen LogP contribution in [0.4, 0.5) is 5.13 Å². The molecule has 0 saturated carbocycles. The Hall–Kier alpha value is -2.71. The molecule has 31 heavy (non-hydrogen) atoms. The molecule has 0 unspecified atom stereocenters. The van der Waals surface area contributed by atoms with Crippen molar-refractivity contribution in [2.75, 3.05) is 25.0 Å². The van der Waals surface area contributed by atoms with Gasteiger partial charge in [-0.2, -0.15) is 0 Å². The molecule has 8 heteroatoms. The molecule has 1 N–H and O–H groups in total. The minimum absolute atomic E-state index is 0.153. The number of piperidine rings is 1. The third kappa shape index (κ3) is 5.32. The normalized spacial score (nSPS) is 15.3. The van der Waals surface area contributed by atoms with Crippen molar-refractivity contribution in [3.05, 3.63) is 50.8 Å². The average Bonchev–Trinajstić information content (AvgIpc) is 3.06. The van der Waals surface area contributed by atoms with E-state index in [1.54, 1.807) is 12.1 Å². The fourth-order valence-corrected chi connectivity index (χ4v) is 4.77. The van der Waals surface area contributed by atoms with Crippen LogP contribution in [0.1, 0.15) is 35.9 Å². The van der Waals surface area contributed by atoms with Crippen molar-refractivity contribution >= 4 is 33.3 Å². The van der Waals surface area contributed by atoms with E-state index in [9.17, 15) is 9.59 Å². The number of nitrogens with one attached hydrogen (secondary N) is 1. The zero-order valence-corrected chi connectivity index (χ0v) is 18.9. The van der Waals surface area contributed by atoms with E-state index in [2.05, 4.69) is 22.1 Å². The Labute approximate surface area is 185 Å². The summed E-state index contributed by atoms with van der Waals surface area (Å²) in [5.74, 6) is 0.987. The Bertz CT molecular complexity index is 1150. The van der Waals surface area contributed by atoms with E-state index in [-0.39, 0.29) is 12.5 Å². The Morgan fingerprint density at radius 1 is 1.29 bits per heavy atom. The number of thiazole rings is 1. The monoisotopic (exact) mass is 441 g/mol. The van der Waals surface area contributed by atoms with Crippen LogP contribution in [0.15, 0.2) is 33.5 Å². The largest absolute Gasteiger partial charge is 0.484 e. The molecule has 1 aromatic carbocycles. The van der Waals surface area contributed by atoms with Gasteiger partial charge in [-0.05, 0) is 63.4 Å². The maximum absolute atomic E-state index is 12.4. The van der Waals surface area contributed by atoms with E-state index < -0.39 is 5.63 Å². The van der Waals surface area contributed by atoms with E-state index in [1.165, 1.54) is 35.1 Å². The molecule has 164 valence electrons. The average molecular weight is 442 g/mol. The van der Waals surface area contributed by atoms with E-state index in [1.807, 2.05) is 19.9 Å². The molecule has 3 heterocycles. The Balaban J connectivity index is 1.34.